The number of nitrogens with zero attached hydrogens (tertiary/aromatic N) is 1. The summed E-state index contributed by atoms with van der Waals surface area (Å²) in [5, 5.41) is 19.6. The van der Waals surface area contributed by atoms with E-state index in [1.807, 2.05) is 5.32 Å². The lowest BCUT2D eigenvalue weighted by molar-refractivity contribution is -0.157. The van der Waals surface area contributed by atoms with Crippen molar-refractivity contribution in [2.45, 2.75) is 38.3 Å². The lowest BCUT2D eigenvalue weighted by Crippen LogP contribution is -2.54. The van der Waals surface area contributed by atoms with Gasteiger partial charge in [0.25, 0.3) is 0 Å². The number of carboxylic acid groups (broad SMARTS) is 2. The summed E-state index contributed by atoms with van der Waals surface area (Å²) in [7, 11) is 0. The van der Waals surface area contributed by atoms with Crippen LogP contribution < -0.4 is 5.32 Å². The summed E-state index contributed by atoms with van der Waals surface area (Å²) in [6.07, 6.45) is 1.59. The van der Waals surface area contributed by atoms with Crippen LogP contribution in [0.1, 0.15) is 26.2 Å². The molecule has 2 atom stereocenters. The molecule has 1 saturated heterocycles. The normalized spacial score (nSPS) is 20.5. The molecule has 0 aromatic carbocycles. The van der Waals surface area contributed by atoms with E-state index in [1.54, 1.807) is 0 Å². The van der Waals surface area contributed by atoms with Crippen LogP contribution in [0.25, 0.3) is 0 Å². The van der Waals surface area contributed by atoms with Crippen molar-refractivity contribution in [1.82, 2.24) is 10.2 Å². The number of aliphatic carboxylic acids is 2. The Bertz CT molecular complexity index is 408. The van der Waals surface area contributed by atoms with E-state index < -0.39 is 35.8 Å². The molecule has 2 amide bonds. The lowest BCUT2D eigenvalue weighted by Gasteiger charge is -2.32. The second kappa shape index (κ2) is 6.17. The number of carboxylic acids is 2. The van der Waals surface area contributed by atoms with Gasteiger partial charge < -0.3 is 20.4 Å². The SMILES string of the molecule is C[C@@H](NC(=O)C(=O)N1CCCC[C@@H]1C(=O)O)C(=O)O. The Labute approximate surface area is 109 Å². The number of piperidine rings is 1. The maximum Gasteiger partial charge on any atom is 0.326 e. The van der Waals surface area contributed by atoms with Crippen LogP contribution >= 0.6 is 0 Å². The van der Waals surface area contributed by atoms with Gasteiger partial charge in [-0.25, -0.2) is 4.79 Å². The summed E-state index contributed by atoms with van der Waals surface area (Å²) in [5.74, 6) is -4.52. The van der Waals surface area contributed by atoms with E-state index in [0.29, 0.717) is 19.3 Å². The first-order chi connectivity index (χ1) is 8.84. The molecule has 0 spiro atoms. The number of rotatable bonds is 3. The Hall–Kier alpha value is -2.12. The smallest absolute Gasteiger partial charge is 0.326 e. The Morgan fingerprint density at radius 2 is 1.84 bits per heavy atom. The summed E-state index contributed by atoms with van der Waals surface area (Å²) < 4.78 is 0. The molecule has 1 rings (SSSR count). The van der Waals surface area contributed by atoms with E-state index in [2.05, 4.69) is 0 Å². The standard InChI is InChI=1S/C11H16N2O6/c1-6(10(16)17)12-8(14)9(15)13-5-3-2-4-7(13)11(18)19/h6-7H,2-5H2,1H3,(H,12,14)(H,16,17)(H,18,19)/t6-,7-/m1/s1. The summed E-state index contributed by atoms with van der Waals surface area (Å²) in [6, 6.07) is -2.23. The summed E-state index contributed by atoms with van der Waals surface area (Å²) >= 11 is 0. The van der Waals surface area contributed by atoms with Crippen LogP contribution in [0.5, 0.6) is 0 Å². The van der Waals surface area contributed by atoms with E-state index in [4.69, 9.17) is 10.2 Å². The van der Waals surface area contributed by atoms with Gasteiger partial charge in [0.2, 0.25) is 0 Å². The van der Waals surface area contributed by atoms with Gasteiger partial charge in [-0.3, -0.25) is 14.4 Å². The van der Waals surface area contributed by atoms with Gasteiger partial charge in [-0.1, -0.05) is 0 Å². The van der Waals surface area contributed by atoms with Crippen LogP contribution in [0.4, 0.5) is 0 Å². The van der Waals surface area contributed by atoms with Crippen LogP contribution in [0.3, 0.4) is 0 Å². The minimum atomic E-state index is -1.27. The summed E-state index contributed by atoms with van der Waals surface area (Å²) in [4.78, 5) is 46.0. The minimum absolute atomic E-state index is 0.185. The van der Waals surface area contributed by atoms with Gasteiger partial charge in [-0.05, 0) is 26.2 Å². The lowest BCUT2D eigenvalue weighted by atomic mass is 10.0. The first-order valence-electron chi connectivity index (χ1n) is 5.91. The Morgan fingerprint density at radius 1 is 1.21 bits per heavy atom. The third-order valence-electron chi connectivity index (χ3n) is 2.96. The minimum Gasteiger partial charge on any atom is -0.480 e. The molecule has 0 radical (unpaired) electrons. The zero-order valence-electron chi connectivity index (χ0n) is 10.5. The van der Waals surface area contributed by atoms with Crippen molar-refractivity contribution in [2.24, 2.45) is 0 Å². The molecular weight excluding hydrogens is 256 g/mol. The highest BCUT2D eigenvalue weighted by Crippen LogP contribution is 2.17. The third-order valence-corrected chi connectivity index (χ3v) is 2.96. The van der Waals surface area contributed by atoms with Crippen molar-refractivity contribution < 1.29 is 29.4 Å². The van der Waals surface area contributed by atoms with E-state index in [0.717, 1.165) is 4.90 Å². The fraction of sp³-hybridized carbons (Fsp3) is 0.636. The summed E-state index contributed by atoms with van der Waals surface area (Å²) in [5.41, 5.74) is 0. The van der Waals surface area contributed by atoms with E-state index in [9.17, 15) is 19.2 Å². The number of hydrogen-bond donors (Lipinski definition) is 3. The molecule has 0 aromatic heterocycles. The first kappa shape index (κ1) is 14.9. The van der Waals surface area contributed by atoms with Crippen LogP contribution in [0.2, 0.25) is 0 Å². The molecule has 1 heterocycles. The maximum atomic E-state index is 11.8. The highest BCUT2D eigenvalue weighted by Gasteiger charge is 2.35. The molecule has 106 valence electrons. The highest BCUT2D eigenvalue weighted by molar-refractivity contribution is 6.35. The van der Waals surface area contributed by atoms with Crippen molar-refractivity contribution in [3.05, 3.63) is 0 Å². The Balaban J connectivity index is 2.71. The van der Waals surface area contributed by atoms with Gasteiger partial charge in [-0.15, -0.1) is 0 Å². The molecule has 0 unspecified atom stereocenters. The summed E-state index contributed by atoms with van der Waals surface area (Å²) in [6.45, 7) is 1.41. The molecule has 8 nitrogen and oxygen atoms in total. The van der Waals surface area contributed by atoms with Gasteiger partial charge in [0.15, 0.2) is 0 Å². The predicted octanol–water partition coefficient (Wildman–Crippen LogP) is -0.959. The van der Waals surface area contributed by atoms with Gasteiger partial charge in [0.05, 0.1) is 0 Å². The maximum absolute atomic E-state index is 11.8. The van der Waals surface area contributed by atoms with E-state index >= 15 is 0 Å². The molecule has 3 N–H and O–H groups in total. The van der Waals surface area contributed by atoms with Gasteiger partial charge in [0.1, 0.15) is 12.1 Å². The van der Waals surface area contributed by atoms with Crippen LogP contribution in [0, 0.1) is 0 Å². The Kier molecular flexibility index (Phi) is 4.85. The number of likely N-dealkylation sites (tertiary alicyclic amines) is 1. The van der Waals surface area contributed by atoms with E-state index in [1.165, 1.54) is 6.92 Å². The van der Waals surface area contributed by atoms with Crippen LogP contribution in [-0.2, 0) is 19.2 Å². The van der Waals surface area contributed by atoms with Crippen molar-refractivity contribution in [1.29, 1.82) is 0 Å². The van der Waals surface area contributed by atoms with Gasteiger partial charge >= 0.3 is 23.8 Å². The average molecular weight is 272 g/mol. The first-order valence-corrected chi connectivity index (χ1v) is 5.91. The van der Waals surface area contributed by atoms with E-state index in [-0.39, 0.29) is 6.54 Å². The Morgan fingerprint density at radius 3 is 2.37 bits per heavy atom. The molecule has 19 heavy (non-hydrogen) atoms. The van der Waals surface area contributed by atoms with Crippen molar-refractivity contribution in [2.75, 3.05) is 6.54 Å². The fourth-order valence-electron chi connectivity index (χ4n) is 1.88. The highest BCUT2D eigenvalue weighted by atomic mass is 16.4. The topological polar surface area (TPSA) is 124 Å². The number of nitrogens with one attached hydrogen (secondary N) is 1. The van der Waals surface area contributed by atoms with Crippen LogP contribution in [0.15, 0.2) is 0 Å². The zero-order chi connectivity index (χ0) is 14.6. The molecule has 8 heteroatoms. The second-order valence-electron chi connectivity index (χ2n) is 4.38. The predicted molar refractivity (Wildman–Crippen MR) is 62.2 cm³/mol. The number of hydrogen-bond acceptors (Lipinski definition) is 4. The van der Waals surface area contributed by atoms with Crippen molar-refractivity contribution in [3.63, 3.8) is 0 Å². The molecule has 0 bridgehead atoms. The average Bonchev–Trinajstić information content (AvgIpc) is 2.37. The largest absolute Gasteiger partial charge is 0.480 e. The molecule has 0 aliphatic carbocycles. The monoisotopic (exact) mass is 272 g/mol. The quantitative estimate of drug-likeness (QED) is 0.568. The molecule has 1 fully saturated rings. The van der Waals surface area contributed by atoms with Crippen molar-refractivity contribution in [3.8, 4) is 0 Å². The zero-order valence-corrected chi connectivity index (χ0v) is 10.5. The van der Waals surface area contributed by atoms with Crippen molar-refractivity contribution >= 4 is 23.8 Å². The molecular formula is C11H16N2O6. The van der Waals surface area contributed by atoms with Gasteiger partial charge in [0, 0.05) is 6.54 Å². The molecule has 1 aliphatic rings. The third kappa shape index (κ3) is 3.67. The van der Waals surface area contributed by atoms with Crippen LogP contribution in [-0.4, -0.2) is 57.5 Å². The molecule has 1 aliphatic heterocycles. The number of amides is 2. The molecule has 0 saturated carbocycles. The molecule has 0 aromatic rings. The van der Waals surface area contributed by atoms with Gasteiger partial charge in [-0.2, -0.15) is 0 Å². The number of carbonyl (C=O) groups is 4. The fourth-order valence-corrected chi connectivity index (χ4v) is 1.88. The number of carbonyl (C=O) groups excluding carboxylic acids is 2. The second-order valence-corrected chi connectivity index (χ2v) is 4.38.